The molecular formula is C12H21N3S. The van der Waals surface area contributed by atoms with Crippen LogP contribution in [0.1, 0.15) is 29.7 Å². The van der Waals surface area contributed by atoms with Gasteiger partial charge in [-0.05, 0) is 31.7 Å². The van der Waals surface area contributed by atoms with Crippen molar-refractivity contribution in [2.24, 2.45) is 5.92 Å². The Bertz CT molecular complexity index is 307. The molecule has 1 heterocycles. The molecule has 0 bridgehead atoms. The van der Waals surface area contributed by atoms with E-state index in [4.69, 9.17) is 0 Å². The first-order valence-corrected chi connectivity index (χ1v) is 7.05. The molecular weight excluding hydrogens is 218 g/mol. The maximum absolute atomic E-state index is 4.38. The minimum Gasteiger partial charge on any atom is -0.315 e. The van der Waals surface area contributed by atoms with Gasteiger partial charge in [-0.25, -0.2) is 4.98 Å². The quantitative estimate of drug-likeness (QED) is 0.679. The van der Waals surface area contributed by atoms with E-state index in [1.165, 1.54) is 29.3 Å². The standard InChI is InChI=1S/C12H21N3S/c1-2-11-8-15-12(16-11)9-14-6-5-13-7-10-3-4-10/h8,10,13-14H,2-7,9H2,1H3. The van der Waals surface area contributed by atoms with E-state index in [1.807, 2.05) is 17.5 Å². The predicted molar refractivity (Wildman–Crippen MR) is 68.8 cm³/mol. The number of nitrogens with zero attached hydrogens (tertiary/aromatic N) is 1. The van der Waals surface area contributed by atoms with Crippen molar-refractivity contribution >= 4 is 11.3 Å². The first kappa shape index (κ1) is 12.0. The van der Waals surface area contributed by atoms with E-state index >= 15 is 0 Å². The van der Waals surface area contributed by atoms with Crippen LogP contribution in [0.5, 0.6) is 0 Å². The summed E-state index contributed by atoms with van der Waals surface area (Å²) in [4.78, 5) is 5.76. The fourth-order valence-corrected chi connectivity index (χ4v) is 2.43. The summed E-state index contributed by atoms with van der Waals surface area (Å²) >= 11 is 1.82. The minimum atomic E-state index is 0.912. The third-order valence-corrected chi connectivity index (χ3v) is 3.98. The van der Waals surface area contributed by atoms with Crippen molar-refractivity contribution in [1.29, 1.82) is 0 Å². The molecule has 90 valence electrons. The first-order valence-electron chi connectivity index (χ1n) is 6.23. The largest absolute Gasteiger partial charge is 0.315 e. The van der Waals surface area contributed by atoms with Crippen molar-refractivity contribution < 1.29 is 0 Å². The summed E-state index contributed by atoms with van der Waals surface area (Å²) in [6.07, 6.45) is 5.95. The molecule has 0 saturated heterocycles. The number of aryl methyl sites for hydroxylation is 1. The van der Waals surface area contributed by atoms with E-state index in [9.17, 15) is 0 Å². The molecule has 3 nitrogen and oxygen atoms in total. The fraction of sp³-hybridized carbons (Fsp3) is 0.750. The number of rotatable bonds is 8. The van der Waals surface area contributed by atoms with E-state index in [2.05, 4.69) is 22.5 Å². The number of aromatic nitrogens is 1. The Morgan fingerprint density at radius 3 is 2.88 bits per heavy atom. The van der Waals surface area contributed by atoms with Gasteiger partial charge in [-0.1, -0.05) is 6.92 Å². The number of hydrogen-bond acceptors (Lipinski definition) is 4. The monoisotopic (exact) mass is 239 g/mol. The molecule has 0 radical (unpaired) electrons. The molecule has 1 aliphatic rings. The third-order valence-electron chi connectivity index (χ3n) is 2.83. The average Bonchev–Trinajstić information content (AvgIpc) is 3.01. The highest BCUT2D eigenvalue weighted by atomic mass is 32.1. The molecule has 4 heteroatoms. The maximum Gasteiger partial charge on any atom is 0.107 e. The Hall–Kier alpha value is -0.450. The molecule has 0 atom stereocenters. The van der Waals surface area contributed by atoms with Crippen molar-refractivity contribution in [3.63, 3.8) is 0 Å². The number of thiazole rings is 1. The lowest BCUT2D eigenvalue weighted by atomic mass is 10.4. The van der Waals surface area contributed by atoms with Crippen molar-refractivity contribution in [2.75, 3.05) is 19.6 Å². The normalized spacial score (nSPS) is 15.6. The molecule has 0 amide bonds. The summed E-state index contributed by atoms with van der Waals surface area (Å²) in [5.74, 6) is 0.978. The van der Waals surface area contributed by atoms with Crippen LogP contribution in [-0.4, -0.2) is 24.6 Å². The lowest BCUT2D eigenvalue weighted by Gasteiger charge is -2.04. The average molecular weight is 239 g/mol. The van der Waals surface area contributed by atoms with Gasteiger partial charge in [0.25, 0.3) is 0 Å². The van der Waals surface area contributed by atoms with Crippen LogP contribution in [0, 0.1) is 5.92 Å². The minimum absolute atomic E-state index is 0.912. The van der Waals surface area contributed by atoms with Crippen LogP contribution in [0.25, 0.3) is 0 Å². The summed E-state index contributed by atoms with van der Waals surface area (Å²) < 4.78 is 0. The van der Waals surface area contributed by atoms with Crippen molar-refractivity contribution in [3.8, 4) is 0 Å². The molecule has 1 fully saturated rings. The molecule has 0 unspecified atom stereocenters. The van der Waals surface area contributed by atoms with Gasteiger partial charge in [0.1, 0.15) is 5.01 Å². The van der Waals surface area contributed by atoms with Crippen LogP contribution >= 0.6 is 11.3 Å². The third kappa shape index (κ3) is 4.20. The summed E-state index contributed by atoms with van der Waals surface area (Å²) in [5.41, 5.74) is 0. The van der Waals surface area contributed by atoms with Crippen molar-refractivity contribution in [1.82, 2.24) is 15.6 Å². The Balaban J connectivity index is 1.49. The summed E-state index contributed by atoms with van der Waals surface area (Å²) in [6.45, 7) is 6.40. The second-order valence-corrected chi connectivity index (χ2v) is 5.60. The SMILES string of the molecule is CCc1cnc(CNCCNCC2CC2)s1. The first-order chi connectivity index (χ1) is 7.88. The number of nitrogens with one attached hydrogen (secondary N) is 2. The highest BCUT2D eigenvalue weighted by Crippen LogP contribution is 2.27. The van der Waals surface area contributed by atoms with Gasteiger partial charge in [0.15, 0.2) is 0 Å². The van der Waals surface area contributed by atoms with Gasteiger partial charge < -0.3 is 10.6 Å². The molecule has 2 N–H and O–H groups in total. The molecule has 0 aromatic carbocycles. The molecule has 1 saturated carbocycles. The van der Waals surface area contributed by atoms with Crippen LogP contribution in [0.4, 0.5) is 0 Å². The molecule has 1 aromatic rings. The molecule has 1 aromatic heterocycles. The predicted octanol–water partition coefficient (Wildman–Crippen LogP) is 1.79. The topological polar surface area (TPSA) is 37.0 Å². The maximum atomic E-state index is 4.38. The summed E-state index contributed by atoms with van der Waals surface area (Å²) in [5, 5.41) is 8.10. The van der Waals surface area contributed by atoms with Crippen LogP contribution in [0.15, 0.2) is 6.20 Å². The van der Waals surface area contributed by atoms with Gasteiger partial charge in [0, 0.05) is 30.7 Å². The zero-order valence-corrected chi connectivity index (χ0v) is 10.8. The van der Waals surface area contributed by atoms with Crippen LogP contribution in [-0.2, 0) is 13.0 Å². The van der Waals surface area contributed by atoms with E-state index in [0.717, 1.165) is 32.0 Å². The zero-order valence-electron chi connectivity index (χ0n) is 9.96. The van der Waals surface area contributed by atoms with Gasteiger partial charge in [0.05, 0.1) is 0 Å². The molecule has 0 aliphatic heterocycles. The van der Waals surface area contributed by atoms with E-state index in [-0.39, 0.29) is 0 Å². The Labute approximate surface area is 102 Å². The number of hydrogen-bond donors (Lipinski definition) is 2. The van der Waals surface area contributed by atoms with Gasteiger partial charge in [-0.15, -0.1) is 11.3 Å². The summed E-state index contributed by atoms with van der Waals surface area (Å²) in [7, 11) is 0. The molecule has 1 aliphatic carbocycles. The second-order valence-electron chi connectivity index (χ2n) is 4.40. The summed E-state index contributed by atoms with van der Waals surface area (Å²) in [6, 6.07) is 0. The van der Waals surface area contributed by atoms with E-state index in [0.29, 0.717) is 0 Å². The molecule has 16 heavy (non-hydrogen) atoms. The lowest BCUT2D eigenvalue weighted by molar-refractivity contribution is 0.589. The van der Waals surface area contributed by atoms with Crippen molar-refractivity contribution in [2.45, 2.75) is 32.7 Å². The van der Waals surface area contributed by atoms with E-state index in [1.54, 1.807) is 0 Å². The Morgan fingerprint density at radius 2 is 2.19 bits per heavy atom. The fourth-order valence-electron chi connectivity index (χ4n) is 1.59. The van der Waals surface area contributed by atoms with Crippen molar-refractivity contribution in [3.05, 3.63) is 16.1 Å². The molecule has 0 spiro atoms. The lowest BCUT2D eigenvalue weighted by Crippen LogP contribution is -2.28. The smallest absolute Gasteiger partial charge is 0.107 e. The second kappa shape index (κ2) is 6.33. The Morgan fingerprint density at radius 1 is 1.38 bits per heavy atom. The zero-order chi connectivity index (χ0) is 11.2. The highest BCUT2D eigenvalue weighted by molar-refractivity contribution is 7.11. The van der Waals surface area contributed by atoms with Gasteiger partial charge in [0.2, 0.25) is 0 Å². The van der Waals surface area contributed by atoms with E-state index < -0.39 is 0 Å². The van der Waals surface area contributed by atoms with Crippen LogP contribution < -0.4 is 10.6 Å². The van der Waals surface area contributed by atoms with Gasteiger partial charge in [-0.3, -0.25) is 0 Å². The van der Waals surface area contributed by atoms with Gasteiger partial charge in [-0.2, -0.15) is 0 Å². The molecule has 2 rings (SSSR count). The highest BCUT2D eigenvalue weighted by Gasteiger charge is 2.19. The van der Waals surface area contributed by atoms with Crippen LogP contribution in [0.3, 0.4) is 0 Å². The van der Waals surface area contributed by atoms with Gasteiger partial charge >= 0.3 is 0 Å². The Kier molecular flexibility index (Phi) is 4.75. The van der Waals surface area contributed by atoms with Crippen LogP contribution in [0.2, 0.25) is 0 Å².